The number of aliphatic hydroxyl groups excluding tert-OH is 2. The van der Waals surface area contributed by atoms with E-state index in [1.807, 2.05) is 0 Å². The molecule has 1 heterocycles. The molecule has 14 heteroatoms. The van der Waals surface area contributed by atoms with Crippen molar-refractivity contribution in [3.05, 3.63) is 107 Å². The molecule has 0 fully saturated rings. The van der Waals surface area contributed by atoms with Gasteiger partial charge in [0.05, 0.1) is 51.8 Å². The molecule has 0 aliphatic heterocycles. The van der Waals surface area contributed by atoms with Crippen LogP contribution in [0.15, 0.2) is 47.3 Å². The van der Waals surface area contributed by atoms with Gasteiger partial charge in [-0.2, -0.15) is 5.10 Å². The van der Waals surface area contributed by atoms with Gasteiger partial charge in [-0.3, -0.25) is 28.8 Å². The number of nitrogens with one attached hydrogen (secondary N) is 3. The number of likely N-dealkylation sites (N-methyl/N-ethyl adjacent to an activating group) is 1. The van der Waals surface area contributed by atoms with Crippen molar-refractivity contribution in [2.45, 2.75) is 18.3 Å². The fraction of sp³-hybridized carbons (Fsp3) is 0.207. The van der Waals surface area contributed by atoms with Gasteiger partial charge in [-0.25, -0.2) is 5.43 Å². The van der Waals surface area contributed by atoms with Crippen molar-refractivity contribution in [1.82, 2.24) is 15.7 Å². The van der Waals surface area contributed by atoms with Crippen molar-refractivity contribution in [2.24, 2.45) is 5.10 Å². The summed E-state index contributed by atoms with van der Waals surface area (Å²) in [6.07, 6.45) is 1.22. The number of fused-ring (bicyclic) bond motifs is 4. The van der Waals surface area contributed by atoms with Crippen LogP contribution in [0.1, 0.15) is 23.2 Å². The summed E-state index contributed by atoms with van der Waals surface area (Å²) in [5.41, 5.74) is -4.27. The Kier molecular flexibility index (Phi) is 6.05. The number of H-pyrrole nitrogens is 1. The molecule has 14 nitrogen and oxygen atoms in total. The van der Waals surface area contributed by atoms with Crippen LogP contribution in [-0.2, 0) is 16.6 Å². The molecule has 1 amide bonds. The van der Waals surface area contributed by atoms with E-state index in [-0.39, 0.29) is 41.4 Å². The van der Waals surface area contributed by atoms with Crippen LogP contribution in [0, 0.1) is 10.4 Å². The lowest BCUT2D eigenvalue weighted by molar-refractivity contribution is -0.120. The Morgan fingerprint density at radius 3 is 2.33 bits per heavy atom. The number of hydrazone groups is 1. The summed E-state index contributed by atoms with van der Waals surface area (Å²) in [5.74, 6) is -3.06. The van der Waals surface area contributed by atoms with E-state index in [2.05, 4.69) is 20.8 Å². The van der Waals surface area contributed by atoms with Crippen LogP contribution in [0.3, 0.4) is 0 Å². The topological polar surface area (TPSA) is 225 Å². The van der Waals surface area contributed by atoms with Gasteiger partial charge in [0, 0.05) is 11.6 Å². The minimum Gasteiger partial charge on any atom is -0.510 e. The lowest BCUT2D eigenvalue weighted by Crippen LogP contribution is -2.51. The summed E-state index contributed by atoms with van der Waals surface area (Å²) in [6, 6.07) is 3.81. The Balaban J connectivity index is 1.62. The van der Waals surface area contributed by atoms with Crippen molar-refractivity contribution in [3.63, 3.8) is 0 Å². The monoisotopic (exact) mass is 586 g/mol. The number of carbonyl (C=O) groups is 1. The number of hydrogen-bond acceptors (Lipinski definition) is 12. The predicted molar refractivity (Wildman–Crippen MR) is 153 cm³/mol. The molecule has 1 unspecified atom stereocenters. The number of ether oxygens (including phenoxy) is 1. The molecule has 2 aromatic rings. The third kappa shape index (κ3) is 3.59. The number of aromatic hydroxyl groups is 1. The predicted octanol–water partition coefficient (Wildman–Crippen LogP) is -2.82. The summed E-state index contributed by atoms with van der Waals surface area (Å²) in [7, 11) is 2.70. The second-order valence-corrected chi connectivity index (χ2v) is 10.3. The van der Waals surface area contributed by atoms with Gasteiger partial charge in [0.2, 0.25) is 16.3 Å². The summed E-state index contributed by atoms with van der Waals surface area (Å²) in [6.45, 7) is 0.0208. The zero-order valence-electron chi connectivity index (χ0n) is 22.6. The van der Waals surface area contributed by atoms with E-state index in [9.17, 15) is 44.1 Å². The van der Waals surface area contributed by atoms with E-state index in [0.717, 1.165) is 13.2 Å². The number of pyridine rings is 1. The van der Waals surface area contributed by atoms with Crippen LogP contribution in [-0.4, -0.2) is 53.1 Å². The molecule has 218 valence electrons. The van der Waals surface area contributed by atoms with E-state index in [4.69, 9.17) is 4.74 Å². The standard InChI is InChI=1S/C29H22N4O10/c1-30-9-15(35)33-31-8-12-6-11-5-10-3-4-29(21(10)25(39)16(11)28(42)32-12)26(40)19-20(27(29)41)24(38)18-17(23(19)37)13(34)7-14(43-2)22(18)36/h5-8,30,39-41H,3-4,9H2,1-2H3,(H,32,42)(H,33,35). The zero-order chi connectivity index (χ0) is 31.0. The molecule has 6 rings (SSSR count). The fourth-order valence-corrected chi connectivity index (χ4v) is 6.21. The number of hydrogen-bond donors (Lipinski definition) is 6. The molecule has 1 aromatic carbocycles. The Hall–Kier alpha value is -5.63. The molecular formula is C29H22N4O10. The van der Waals surface area contributed by atoms with Gasteiger partial charge in [0.15, 0.2) is 11.2 Å². The first-order valence-corrected chi connectivity index (χ1v) is 12.9. The van der Waals surface area contributed by atoms with Gasteiger partial charge in [-0.05, 0) is 36.9 Å². The number of aryl methyl sites for hydroxylation is 1. The van der Waals surface area contributed by atoms with Crippen molar-refractivity contribution in [1.29, 1.82) is 0 Å². The average Bonchev–Trinajstić information content (AvgIpc) is 3.45. The second-order valence-electron chi connectivity index (χ2n) is 10.3. The van der Waals surface area contributed by atoms with Crippen molar-refractivity contribution < 1.29 is 24.9 Å². The highest BCUT2D eigenvalue weighted by molar-refractivity contribution is 5.96. The number of aromatic amines is 1. The SMILES string of the molecule is CNCC(=O)NN=Cc1cc2cc3c(c(O)c2c(=O)[nH]1)C1(CC3)C(O)=c2c(=O)c3c(=O)cc(OC)c(=O)c=3c(=O)c2=C1O. The van der Waals surface area contributed by atoms with E-state index in [0.29, 0.717) is 5.56 Å². The van der Waals surface area contributed by atoms with Crippen LogP contribution >= 0.6 is 0 Å². The number of rotatable bonds is 5. The lowest BCUT2D eigenvalue weighted by atomic mass is 9.78. The van der Waals surface area contributed by atoms with Gasteiger partial charge in [0.1, 0.15) is 22.7 Å². The normalized spacial score (nSPS) is 17.3. The molecule has 43 heavy (non-hydrogen) atoms. The van der Waals surface area contributed by atoms with Crippen molar-refractivity contribution in [2.75, 3.05) is 20.7 Å². The summed E-state index contributed by atoms with van der Waals surface area (Å²) in [5, 5.41) is 38.1. The quantitative estimate of drug-likeness (QED) is 0.103. The molecule has 4 aliphatic carbocycles. The molecular weight excluding hydrogens is 564 g/mol. The fourth-order valence-electron chi connectivity index (χ4n) is 6.21. The minimum absolute atomic E-state index is 0.0208. The van der Waals surface area contributed by atoms with Gasteiger partial charge in [-0.1, -0.05) is 6.07 Å². The van der Waals surface area contributed by atoms with Crippen LogP contribution in [0.25, 0.3) is 22.3 Å². The highest BCUT2D eigenvalue weighted by atomic mass is 16.5. The Labute approximate surface area is 237 Å². The second kappa shape index (κ2) is 9.46. The number of aliphatic hydroxyl groups is 2. The maximum Gasteiger partial charge on any atom is 0.260 e. The largest absolute Gasteiger partial charge is 0.510 e. The molecule has 0 radical (unpaired) electrons. The third-order valence-electron chi connectivity index (χ3n) is 8.01. The Morgan fingerprint density at radius 1 is 1.00 bits per heavy atom. The summed E-state index contributed by atoms with van der Waals surface area (Å²) >= 11 is 0. The van der Waals surface area contributed by atoms with Gasteiger partial charge in [-0.15, -0.1) is 0 Å². The van der Waals surface area contributed by atoms with Gasteiger partial charge in [0.25, 0.3) is 11.5 Å². The van der Waals surface area contributed by atoms with Gasteiger partial charge < -0.3 is 30.4 Å². The number of benzene rings is 1. The molecule has 4 aliphatic rings. The summed E-state index contributed by atoms with van der Waals surface area (Å²) < 4.78 is 4.88. The molecule has 1 atom stereocenters. The zero-order valence-corrected chi connectivity index (χ0v) is 22.6. The maximum atomic E-state index is 13.6. The molecule has 0 bridgehead atoms. The van der Waals surface area contributed by atoms with E-state index >= 15 is 0 Å². The Bertz CT molecular complexity index is 2440. The Morgan fingerprint density at radius 2 is 1.67 bits per heavy atom. The number of carbonyl (C=O) groups excluding carboxylic acids is 1. The molecule has 0 saturated heterocycles. The number of phenols is 1. The van der Waals surface area contributed by atoms with Crippen LogP contribution in [0.5, 0.6) is 11.5 Å². The number of amides is 1. The van der Waals surface area contributed by atoms with Crippen LogP contribution in [0.2, 0.25) is 0 Å². The number of phenolic OH excluding ortho intramolecular Hbond substituents is 1. The first kappa shape index (κ1) is 27.5. The minimum atomic E-state index is -1.99. The van der Waals surface area contributed by atoms with Gasteiger partial charge >= 0.3 is 0 Å². The third-order valence-corrected chi connectivity index (χ3v) is 8.01. The molecule has 6 N–H and O–H groups in total. The number of aromatic nitrogens is 1. The highest BCUT2D eigenvalue weighted by Gasteiger charge is 2.53. The maximum absolute atomic E-state index is 13.6. The molecule has 1 spiro atoms. The number of methoxy groups -OCH3 is 1. The van der Waals surface area contributed by atoms with Crippen molar-refractivity contribution >= 4 is 34.4 Å². The number of nitrogens with zero attached hydrogens (tertiary/aromatic N) is 1. The smallest absolute Gasteiger partial charge is 0.260 e. The van der Waals surface area contributed by atoms with Crippen LogP contribution < -0.4 is 53.2 Å². The van der Waals surface area contributed by atoms with Crippen LogP contribution in [0.4, 0.5) is 0 Å². The molecule has 0 saturated carbocycles. The lowest BCUT2D eigenvalue weighted by Gasteiger charge is -2.27. The highest BCUT2D eigenvalue weighted by Crippen LogP contribution is 2.54. The first-order valence-electron chi connectivity index (χ1n) is 12.9. The molecule has 1 aromatic heterocycles. The van der Waals surface area contributed by atoms with Crippen molar-refractivity contribution in [3.8, 4) is 11.5 Å². The first-order chi connectivity index (χ1) is 20.5. The summed E-state index contributed by atoms with van der Waals surface area (Å²) in [4.78, 5) is 80.0. The van der Waals surface area contributed by atoms with E-state index in [1.54, 1.807) is 13.1 Å². The average molecular weight is 587 g/mol. The van der Waals surface area contributed by atoms with E-state index < -0.39 is 82.5 Å². The van der Waals surface area contributed by atoms with E-state index in [1.165, 1.54) is 12.3 Å².